The zero-order chi connectivity index (χ0) is 14.4. The lowest BCUT2D eigenvalue weighted by molar-refractivity contribution is 0.246. The molecule has 1 aliphatic rings. The molecule has 2 rings (SSSR count). The minimum Gasteiger partial charge on any atom is -0.315 e. The first-order chi connectivity index (χ1) is 9.63. The van der Waals surface area contributed by atoms with E-state index in [1.165, 1.54) is 0 Å². The van der Waals surface area contributed by atoms with Crippen LogP contribution in [0.15, 0.2) is 30.3 Å². The van der Waals surface area contributed by atoms with E-state index in [1.54, 1.807) is 4.31 Å². The molecule has 0 bridgehead atoms. The number of benzene rings is 1. The summed E-state index contributed by atoms with van der Waals surface area (Å²) in [5.41, 5.74) is 0.861. The number of likely N-dealkylation sites (N-methyl/N-ethyl adjacent to an activating group) is 1. The fourth-order valence-corrected chi connectivity index (χ4v) is 4.54. The zero-order valence-corrected chi connectivity index (χ0v) is 12.9. The highest BCUT2D eigenvalue weighted by atomic mass is 32.2. The van der Waals surface area contributed by atoms with Crippen LogP contribution in [0.2, 0.25) is 0 Å². The molecule has 0 saturated carbocycles. The SMILES string of the molecule is CCNCC1CCCCN1S(=O)(=O)Cc1ccccc1. The Labute approximate surface area is 122 Å². The van der Waals surface area contributed by atoms with Crippen LogP contribution in [-0.2, 0) is 15.8 Å². The van der Waals surface area contributed by atoms with Crippen molar-refractivity contribution in [1.29, 1.82) is 0 Å². The van der Waals surface area contributed by atoms with Gasteiger partial charge in [0, 0.05) is 19.1 Å². The first-order valence-corrected chi connectivity index (χ1v) is 8.98. The number of piperidine rings is 1. The molecule has 1 aliphatic heterocycles. The summed E-state index contributed by atoms with van der Waals surface area (Å²) < 4.78 is 27.0. The van der Waals surface area contributed by atoms with Gasteiger partial charge in [0.15, 0.2) is 0 Å². The normalized spacial score (nSPS) is 20.9. The zero-order valence-electron chi connectivity index (χ0n) is 12.1. The van der Waals surface area contributed by atoms with Gasteiger partial charge in [-0.3, -0.25) is 0 Å². The van der Waals surface area contributed by atoms with Gasteiger partial charge in [-0.1, -0.05) is 43.7 Å². The third kappa shape index (κ3) is 4.04. The van der Waals surface area contributed by atoms with Crippen LogP contribution >= 0.6 is 0 Å². The van der Waals surface area contributed by atoms with Gasteiger partial charge < -0.3 is 5.32 Å². The van der Waals surface area contributed by atoms with Crippen molar-refractivity contribution >= 4 is 10.0 Å². The van der Waals surface area contributed by atoms with E-state index in [1.807, 2.05) is 37.3 Å². The largest absolute Gasteiger partial charge is 0.315 e. The Morgan fingerprint density at radius 1 is 1.25 bits per heavy atom. The summed E-state index contributed by atoms with van der Waals surface area (Å²) in [6.07, 6.45) is 3.05. The van der Waals surface area contributed by atoms with E-state index in [-0.39, 0.29) is 11.8 Å². The molecule has 5 heteroatoms. The van der Waals surface area contributed by atoms with Crippen molar-refractivity contribution in [3.8, 4) is 0 Å². The first-order valence-electron chi connectivity index (χ1n) is 7.37. The van der Waals surface area contributed by atoms with E-state index in [9.17, 15) is 8.42 Å². The van der Waals surface area contributed by atoms with Crippen molar-refractivity contribution in [2.24, 2.45) is 0 Å². The van der Waals surface area contributed by atoms with Crippen molar-refractivity contribution < 1.29 is 8.42 Å². The minimum atomic E-state index is -3.22. The lowest BCUT2D eigenvalue weighted by Gasteiger charge is -2.34. The fraction of sp³-hybridized carbons (Fsp3) is 0.600. The first kappa shape index (κ1) is 15.5. The summed E-state index contributed by atoms with van der Waals surface area (Å²) in [5.74, 6) is 0.108. The maximum Gasteiger partial charge on any atom is 0.218 e. The molecule has 1 fully saturated rings. The van der Waals surface area contributed by atoms with E-state index >= 15 is 0 Å². The molecule has 1 aromatic carbocycles. The van der Waals surface area contributed by atoms with Gasteiger partial charge in [0.25, 0.3) is 0 Å². The quantitative estimate of drug-likeness (QED) is 0.873. The van der Waals surface area contributed by atoms with Gasteiger partial charge in [0.05, 0.1) is 5.75 Å². The average molecular weight is 296 g/mol. The van der Waals surface area contributed by atoms with E-state index in [0.717, 1.165) is 37.9 Å². The predicted octanol–water partition coefficient (Wildman–Crippen LogP) is 1.98. The van der Waals surface area contributed by atoms with Gasteiger partial charge in [-0.15, -0.1) is 0 Å². The van der Waals surface area contributed by atoms with Crippen molar-refractivity contribution in [3.63, 3.8) is 0 Å². The Kier molecular flexibility index (Phi) is 5.57. The molecule has 112 valence electrons. The molecule has 0 amide bonds. The second kappa shape index (κ2) is 7.20. The highest BCUT2D eigenvalue weighted by molar-refractivity contribution is 7.88. The van der Waals surface area contributed by atoms with E-state index in [4.69, 9.17) is 0 Å². The van der Waals surface area contributed by atoms with Crippen LogP contribution < -0.4 is 5.32 Å². The van der Waals surface area contributed by atoms with E-state index < -0.39 is 10.0 Å². The predicted molar refractivity (Wildman–Crippen MR) is 82.0 cm³/mol. The van der Waals surface area contributed by atoms with Gasteiger partial charge in [0.2, 0.25) is 10.0 Å². The lowest BCUT2D eigenvalue weighted by atomic mass is 10.1. The molecule has 1 atom stereocenters. The summed E-state index contributed by atoms with van der Waals surface area (Å²) in [6.45, 7) is 4.34. The maximum absolute atomic E-state index is 12.6. The van der Waals surface area contributed by atoms with Crippen molar-refractivity contribution in [1.82, 2.24) is 9.62 Å². The number of rotatable bonds is 6. The van der Waals surface area contributed by atoms with Crippen LogP contribution in [0.4, 0.5) is 0 Å². The number of nitrogens with one attached hydrogen (secondary N) is 1. The lowest BCUT2D eigenvalue weighted by Crippen LogP contribution is -2.48. The third-order valence-corrected chi connectivity index (χ3v) is 5.65. The number of sulfonamides is 1. The molecule has 1 saturated heterocycles. The van der Waals surface area contributed by atoms with Gasteiger partial charge in [-0.25, -0.2) is 8.42 Å². The number of hydrogen-bond acceptors (Lipinski definition) is 3. The second-order valence-electron chi connectivity index (χ2n) is 5.31. The Morgan fingerprint density at radius 3 is 2.70 bits per heavy atom. The Hall–Kier alpha value is -0.910. The topological polar surface area (TPSA) is 49.4 Å². The van der Waals surface area contributed by atoms with Gasteiger partial charge >= 0.3 is 0 Å². The smallest absolute Gasteiger partial charge is 0.218 e. The summed E-state index contributed by atoms with van der Waals surface area (Å²) in [7, 11) is -3.22. The molecule has 1 unspecified atom stereocenters. The minimum absolute atomic E-state index is 0.108. The van der Waals surface area contributed by atoms with Crippen LogP contribution in [0.25, 0.3) is 0 Å². The Balaban J connectivity index is 2.09. The van der Waals surface area contributed by atoms with Crippen molar-refractivity contribution in [3.05, 3.63) is 35.9 Å². The van der Waals surface area contributed by atoms with Gasteiger partial charge in [0.1, 0.15) is 0 Å². The molecule has 1 N–H and O–H groups in total. The van der Waals surface area contributed by atoms with Crippen LogP contribution in [0.5, 0.6) is 0 Å². The molecular weight excluding hydrogens is 272 g/mol. The summed E-state index contributed by atoms with van der Waals surface area (Å²) >= 11 is 0. The van der Waals surface area contributed by atoms with Crippen molar-refractivity contribution in [2.45, 2.75) is 38.0 Å². The standard InChI is InChI=1S/C15H24N2O2S/c1-2-16-12-15-10-6-7-11-17(15)20(18,19)13-14-8-4-3-5-9-14/h3-5,8-9,15-16H,2,6-7,10-13H2,1H3. The monoisotopic (exact) mass is 296 g/mol. The number of hydrogen-bond donors (Lipinski definition) is 1. The average Bonchev–Trinajstić information content (AvgIpc) is 2.46. The summed E-state index contributed by atoms with van der Waals surface area (Å²) in [5, 5.41) is 3.28. The van der Waals surface area contributed by atoms with Gasteiger partial charge in [-0.05, 0) is 24.9 Å². The molecule has 0 spiro atoms. The maximum atomic E-state index is 12.6. The van der Waals surface area contributed by atoms with E-state index in [2.05, 4.69) is 5.32 Å². The number of nitrogens with zero attached hydrogens (tertiary/aromatic N) is 1. The van der Waals surface area contributed by atoms with E-state index in [0.29, 0.717) is 6.54 Å². The molecule has 0 aromatic heterocycles. The highest BCUT2D eigenvalue weighted by Crippen LogP contribution is 2.22. The highest BCUT2D eigenvalue weighted by Gasteiger charge is 2.31. The molecule has 1 aromatic rings. The Bertz CT molecular complexity index is 502. The summed E-state index contributed by atoms with van der Waals surface area (Å²) in [4.78, 5) is 0. The summed E-state index contributed by atoms with van der Waals surface area (Å²) in [6, 6.07) is 9.54. The second-order valence-corrected chi connectivity index (χ2v) is 7.23. The molecule has 0 radical (unpaired) electrons. The van der Waals surface area contributed by atoms with Crippen LogP contribution in [0.3, 0.4) is 0 Å². The molecule has 0 aliphatic carbocycles. The van der Waals surface area contributed by atoms with Crippen LogP contribution in [0, 0.1) is 0 Å². The van der Waals surface area contributed by atoms with Crippen LogP contribution in [0.1, 0.15) is 31.7 Å². The van der Waals surface area contributed by atoms with Gasteiger partial charge in [-0.2, -0.15) is 4.31 Å². The molecule has 20 heavy (non-hydrogen) atoms. The fourth-order valence-electron chi connectivity index (χ4n) is 2.72. The van der Waals surface area contributed by atoms with Crippen LogP contribution in [-0.4, -0.2) is 38.4 Å². The molecule has 1 heterocycles. The molecule has 4 nitrogen and oxygen atoms in total. The molecular formula is C15H24N2O2S. The Morgan fingerprint density at radius 2 is 2.00 bits per heavy atom. The van der Waals surface area contributed by atoms with Crippen molar-refractivity contribution in [2.75, 3.05) is 19.6 Å². The third-order valence-electron chi connectivity index (χ3n) is 3.75.